The summed E-state index contributed by atoms with van der Waals surface area (Å²) < 4.78 is 0. The van der Waals surface area contributed by atoms with E-state index in [1.54, 1.807) is 11.3 Å². The quantitative estimate of drug-likeness (QED) is 0.848. The minimum atomic E-state index is -0.348. The predicted octanol–water partition coefficient (Wildman–Crippen LogP) is 2.55. The number of aliphatic hydroxyl groups excluding tert-OH is 1. The van der Waals surface area contributed by atoms with Crippen LogP contribution in [0.2, 0.25) is 0 Å². The summed E-state index contributed by atoms with van der Waals surface area (Å²) in [7, 11) is 0. The lowest BCUT2D eigenvalue weighted by molar-refractivity contribution is -0.0127. The van der Waals surface area contributed by atoms with E-state index in [0.29, 0.717) is 12.5 Å². The van der Waals surface area contributed by atoms with Crippen LogP contribution in [0, 0.1) is 17.3 Å². The van der Waals surface area contributed by atoms with Crippen molar-refractivity contribution in [3.05, 3.63) is 22.4 Å². The van der Waals surface area contributed by atoms with E-state index in [9.17, 15) is 5.11 Å². The fraction of sp³-hybridized carbons (Fsp3) is 0.692. The Bertz CT molecular complexity index is 364. The fourth-order valence-corrected chi connectivity index (χ4v) is 4.62. The molecule has 2 aliphatic rings. The van der Waals surface area contributed by atoms with E-state index in [-0.39, 0.29) is 11.5 Å². The molecule has 1 heterocycles. The van der Waals surface area contributed by atoms with Crippen molar-refractivity contribution in [1.82, 2.24) is 0 Å². The Morgan fingerprint density at radius 1 is 1.56 bits per heavy atom. The Kier molecular flexibility index (Phi) is 2.57. The lowest BCUT2D eigenvalue weighted by Crippen LogP contribution is -2.41. The molecule has 3 heteroatoms. The van der Waals surface area contributed by atoms with Crippen LogP contribution in [-0.2, 0) is 0 Å². The largest absolute Gasteiger partial charge is 0.388 e. The van der Waals surface area contributed by atoms with E-state index in [4.69, 9.17) is 5.73 Å². The highest BCUT2D eigenvalue weighted by molar-refractivity contribution is 7.07. The molecule has 3 N–H and O–H groups in total. The Balaban J connectivity index is 1.91. The van der Waals surface area contributed by atoms with E-state index in [1.165, 1.54) is 19.3 Å². The minimum absolute atomic E-state index is 0.0238. The molecule has 0 aliphatic heterocycles. The van der Waals surface area contributed by atoms with Crippen LogP contribution >= 0.6 is 11.3 Å². The summed E-state index contributed by atoms with van der Waals surface area (Å²) in [5.41, 5.74) is 7.05. The molecule has 2 aliphatic carbocycles. The lowest BCUT2D eigenvalue weighted by atomic mass is 9.68. The van der Waals surface area contributed by atoms with Gasteiger partial charge in [-0.3, -0.25) is 0 Å². The number of hydrogen-bond acceptors (Lipinski definition) is 3. The predicted molar refractivity (Wildman–Crippen MR) is 66.2 cm³/mol. The van der Waals surface area contributed by atoms with Gasteiger partial charge in [0.2, 0.25) is 0 Å². The van der Waals surface area contributed by atoms with E-state index in [1.807, 2.05) is 11.4 Å². The van der Waals surface area contributed by atoms with Crippen LogP contribution in [0.4, 0.5) is 0 Å². The van der Waals surface area contributed by atoms with Crippen LogP contribution in [0.25, 0.3) is 0 Å². The summed E-state index contributed by atoms with van der Waals surface area (Å²) in [5.74, 6) is 1.47. The lowest BCUT2D eigenvalue weighted by Gasteiger charge is -2.40. The molecule has 0 saturated heterocycles. The molecule has 4 atom stereocenters. The van der Waals surface area contributed by atoms with Crippen LogP contribution < -0.4 is 5.73 Å². The maximum Gasteiger partial charge on any atom is 0.0869 e. The van der Waals surface area contributed by atoms with Crippen LogP contribution in [0.15, 0.2) is 16.8 Å². The number of nitrogens with two attached hydrogens (primary N) is 1. The van der Waals surface area contributed by atoms with Gasteiger partial charge in [-0.15, -0.1) is 0 Å². The smallest absolute Gasteiger partial charge is 0.0869 e. The first-order valence-electron chi connectivity index (χ1n) is 6.16. The second kappa shape index (κ2) is 3.83. The first kappa shape index (κ1) is 10.8. The van der Waals surface area contributed by atoms with Crippen LogP contribution in [0.3, 0.4) is 0 Å². The Labute approximate surface area is 100 Å². The van der Waals surface area contributed by atoms with Gasteiger partial charge in [0, 0.05) is 12.0 Å². The average Bonchev–Trinajstić information content (AvgIpc) is 3.03. The molecule has 4 unspecified atom stereocenters. The molecular weight excluding hydrogens is 218 g/mol. The second-order valence-corrected chi connectivity index (χ2v) is 6.26. The second-order valence-electron chi connectivity index (χ2n) is 5.48. The van der Waals surface area contributed by atoms with Gasteiger partial charge in [0.1, 0.15) is 0 Å². The molecule has 0 spiro atoms. The van der Waals surface area contributed by atoms with Crippen molar-refractivity contribution in [3.63, 3.8) is 0 Å². The normalized spacial score (nSPS) is 39.1. The zero-order chi connectivity index (χ0) is 11.2. The van der Waals surface area contributed by atoms with E-state index < -0.39 is 0 Å². The minimum Gasteiger partial charge on any atom is -0.388 e. The maximum atomic E-state index is 10.6. The summed E-state index contributed by atoms with van der Waals surface area (Å²) in [6, 6.07) is 2.04. The van der Waals surface area contributed by atoms with Crippen LogP contribution in [0.5, 0.6) is 0 Å². The number of hydrogen-bond donors (Lipinski definition) is 2. The summed E-state index contributed by atoms with van der Waals surface area (Å²) >= 11 is 1.66. The van der Waals surface area contributed by atoms with Crippen LogP contribution in [0.1, 0.15) is 37.4 Å². The van der Waals surface area contributed by atoms with Gasteiger partial charge in [0.05, 0.1) is 6.10 Å². The molecule has 3 rings (SSSR count). The Morgan fingerprint density at radius 2 is 2.44 bits per heavy atom. The van der Waals surface area contributed by atoms with Crippen molar-refractivity contribution in [2.24, 2.45) is 23.0 Å². The van der Waals surface area contributed by atoms with Gasteiger partial charge >= 0.3 is 0 Å². The highest BCUT2D eigenvalue weighted by Gasteiger charge is 2.54. The van der Waals surface area contributed by atoms with Crippen molar-refractivity contribution >= 4 is 11.3 Å². The van der Waals surface area contributed by atoms with E-state index >= 15 is 0 Å². The number of fused-ring (bicyclic) bond motifs is 2. The maximum absolute atomic E-state index is 10.6. The highest BCUT2D eigenvalue weighted by Crippen LogP contribution is 2.60. The number of thiophene rings is 1. The fourth-order valence-electron chi connectivity index (χ4n) is 3.95. The van der Waals surface area contributed by atoms with Crippen molar-refractivity contribution in [1.29, 1.82) is 0 Å². The van der Waals surface area contributed by atoms with Crippen molar-refractivity contribution in [3.8, 4) is 0 Å². The van der Waals surface area contributed by atoms with Gasteiger partial charge in [-0.1, -0.05) is 6.42 Å². The summed E-state index contributed by atoms with van der Waals surface area (Å²) in [4.78, 5) is 0. The van der Waals surface area contributed by atoms with Crippen molar-refractivity contribution < 1.29 is 5.11 Å². The van der Waals surface area contributed by atoms with Gasteiger partial charge in [0.25, 0.3) is 0 Å². The van der Waals surface area contributed by atoms with Gasteiger partial charge in [-0.25, -0.2) is 0 Å². The molecule has 2 bridgehead atoms. The third kappa shape index (κ3) is 1.38. The third-order valence-electron chi connectivity index (χ3n) is 4.81. The molecular formula is C13H19NOS. The molecule has 2 fully saturated rings. The SMILES string of the molecule is NCC1(C(O)c2ccsc2)CC2CCC1C2. The topological polar surface area (TPSA) is 46.2 Å². The molecule has 1 aromatic rings. The number of rotatable bonds is 3. The van der Waals surface area contributed by atoms with Gasteiger partial charge in [0.15, 0.2) is 0 Å². The molecule has 0 amide bonds. The van der Waals surface area contributed by atoms with Crippen molar-refractivity contribution in [2.45, 2.75) is 31.8 Å². The first-order chi connectivity index (χ1) is 7.76. The Morgan fingerprint density at radius 3 is 2.94 bits per heavy atom. The molecule has 16 heavy (non-hydrogen) atoms. The van der Waals surface area contributed by atoms with Gasteiger partial charge in [-0.2, -0.15) is 11.3 Å². The summed E-state index contributed by atoms with van der Waals surface area (Å²) in [6.45, 7) is 0.630. The van der Waals surface area contributed by atoms with Gasteiger partial charge < -0.3 is 10.8 Å². The standard InChI is InChI=1S/C13H19NOS/c14-8-13(6-9-1-2-11(13)5-9)12(15)10-3-4-16-7-10/h3-4,7,9,11-12,15H,1-2,5-6,8,14H2. The monoisotopic (exact) mass is 237 g/mol. The molecule has 0 aromatic carbocycles. The van der Waals surface area contributed by atoms with Crippen molar-refractivity contribution in [2.75, 3.05) is 6.54 Å². The highest BCUT2D eigenvalue weighted by atomic mass is 32.1. The molecule has 88 valence electrons. The molecule has 2 saturated carbocycles. The Hall–Kier alpha value is -0.380. The molecule has 1 aromatic heterocycles. The van der Waals surface area contributed by atoms with E-state index in [0.717, 1.165) is 17.9 Å². The summed E-state index contributed by atoms with van der Waals surface area (Å²) in [6.07, 6.45) is 4.69. The number of aliphatic hydroxyl groups is 1. The first-order valence-corrected chi connectivity index (χ1v) is 7.11. The zero-order valence-electron chi connectivity index (χ0n) is 9.43. The zero-order valence-corrected chi connectivity index (χ0v) is 10.2. The van der Waals surface area contributed by atoms with E-state index in [2.05, 4.69) is 5.38 Å². The molecule has 2 nitrogen and oxygen atoms in total. The molecule has 0 radical (unpaired) electrons. The average molecular weight is 237 g/mol. The third-order valence-corrected chi connectivity index (χ3v) is 5.51. The van der Waals surface area contributed by atoms with Gasteiger partial charge in [-0.05, 0) is 53.5 Å². The summed E-state index contributed by atoms with van der Waals surface area (Å²) in [5, 5.41) is 14.7. The van der Waals surface area contributed by atoms with Crippen LogP contribution in [-0.4, -0.2) is 11.7 Å².